The summed E-state index contributed by atoms with van der Waals surface area (Å²) in [5.74, 6) is -2.04. The van der Waals surface area contributed by atoms with Crippen LogP contribution in [0, 0.1) is 0 Å². The third-order valence-corrected chi connectivity index (χ3v) is 11.0. The monoisotopic (exact) mass is 895 g/mol. The molecule has 1 aliphatic rings. The molecule has 0 bridgehead atoms. The Morgan fingerprint density at radius 3 is 1.55 bits per heavy atom. The molecule has 12 nitrogen and oxygen atoms in total. The molecule has 0 spiro atoms. The zero-order valence-corrected chi connectivity index (χ0v) is 38.8. The molecule has 1 rings (SSSR count). The molecule has 0 aromatic rings. The van der Waals surface area contributed by atoms with Gasteiger partial charge in [-0.2, -0.15) is 8.42 Å². The Kier molecular flexibility index (Phi) is 35.5. The zero-order chi connectivity index (χ0) is 45.5. The van der Waals surface area contributed by atoms with E-state index in [0.29, 0.717) is 12.8 Å². The molecule has 1 fully saturated rings. The van der Waals surface area contributed by atoms with Crippen molar-refractivity contribution in [3.8, 4) is 0 Å². The molecule has 62 heavy (non-hydrogen) atoms. The van der Waals surface area contributed by atoms with Crippen molar-refractivity contribution >= 4 is 22.1 Å². The molecule has 0 radical (unpaired) electrons. The van der Waals surface area contributed by atoms with Crippen molar-refractivity contribution in [2.24, 2.45) is 0 Å². The summed E-state index contributed by atoms with van der Waals surface area (Å²) in [6.07, 6.45) is 39.4. The lowest BCUT2D eigenvalue weighted by Crippen LogP contribution is -2.60. The minimum Gasteiger partial charge on any atom is -0.462 e. The van der Waals surface area contributed by atoms with Gasteiger partial charge in [-0.25, -0.2) is 0 Å². The van der Waals surface area contributed by atoms with E-state index in [2.05, 4.69) is 86.8 Å². The van der Waals surface area contributed by atoms with Gasteiger partial charge in [-0.15, -0.1) is 0 Å². The molecular weight excluding hydrogens is 813 g/mol. The fraction of sp³-hybridized carbons (Fsp3) is 0.714. The molecule has 1 saturated heterocycles. The number of carbonyl (C=O) groups excluding carboxylic acids is 2. The molecule has 0 saturated carbocycles. The van der Waals surface area contributed by atoms with Crippen LogP contribution in [0.15, 0.2) is 72.9 Å². The normalized spacial score (nSPS) is 20.5. The van der Waals surface area contributed by atoms with Gasteiger partial charge in [0.05, 0.1) is 6.61 Å². The van der Waals surface area contributed by atoms with Gasteiger partial charge in [0.2, 0.25) is 0 Å². The summed E-state index contributed by atoms with van der Waals surface area (Å²) in [7, 11) is -4.61. The third kappa shape index (κ3) is 32.7. The first kappa shape index (κ1) is 57.1. The maximum absolute atomic E-state index is 12.8. The number of allylic oxidation sites excluding steroid dienone is 12. The molecule has 13 heteroatoms. The van der Waals surface area contributed by atoms with E-state index in [9.17, 15) is 37.9 Å². The van der Waals surface area contributed by atoms with Crippen LogP contribution in [0.2, 0.25) is 0 Å². The minimum atomic E-state index is -4.61. The Morgan fingerprint density at radius 1 is 0.565 bits per heavy atom. The standard InChI is InChI=1S/C49H82O12S/c1-3-5-7-9-11-13-15-17-19-20-21-22-24-26-28-30-32-34-36-38-45(51)60-42(40-59-49-48(54)47(53)46(52)43(61-49)41-62(55,56)57)39-58-44(50)37-35-33-31-29-27-25-23-18-16-14-12-10-8-6-4-2/h5,7,11,13-14,16-17,19,21-22,26,28,42-43,46-49,52-54H,3-4,6,8-10,12,15,18,20,23-25,27,29-41H2,1-2H3,(H,55,56,57)/b7-5+,13-11+,16-14+,19-17+,22-21+,28-26+/t42-,43-,46-,47?,48?,49+/m1/s1. The van der Waals surface area contributed by atoms with Crippen molar-refractivity contribution in [1.29, 1.82) is 0 Å². The van der Waals surface area contributed by atoms with E-state index in [4.69, 9.17) is 18.9 Å². The van der Waals surface area contributed by atoms with E-state index in [-0.39, 0.29) is 19.4 Å². The van der Waals surface area contributed by atoms with Crippen molar-refractivity contribution in [3.05, 3.63) is 72.9 Å². The van der Waals surface area contributed by atoms with Crippen LogP contribution >= 0.6 is 0 Å². The summed E-state index contributed by atoms with van der Waals surface area (Å²) >= 11 is 0. The fourth-order valence-corrected chi connectivity index (χ4v) is 7.33. The largest absolute Gasteiger partial charge is 0.462 e. The SMILES string of the molecule is CC/C=C/C/C=C/C/C=C/C/C=C/C/C=C/CCCCCC(=O)O[C@H](COC(=O)CCCCCCCCC/C=C/CCCCCC)CO[C@H]1O[C@H](CS(=O)(=O)O)[C@@H](O)C(O)C1O. The van der Waals surface area contributed by atoms with Crippen molar-refractivity contribution in [2.75, 3.05) is 19.0 Å². The predicted molar refractivity (Wildman–Crippen MR) is 247 cm³/mol. The molecule has 1 aliphatic heterocycles. The van der Waals surface area contributed by atoms with Crippen LogP contribution in [0.1, 0.15) is 168 Å². The molecule has 0 aromatic heterocycles. The summed E-state index contributed by atoms with van der Waals surface area (Å²) in [6, 6.07) is 0. The zero-order valence-electron chi connectivity index (χ0n) is 37.9. The van der Waals surface area contributed by atoms with Crippen LogP contribution in [0.5, 0.6) is 0 Å². The van der Waals surface area contributed by atoms with Crippen LogP contribution < -0.4 is 0 Å². The average molecular weight is 895 g/mol. The second kappa shape index (κ2) is 38.5. The first-order valence-electron chi connectivity index (χ1n) is 23.5. The van der Waals surface area contributed by atoms with Crippen molar-refractivity contribution in [1.82, 2.24) is 0 Å². The van der Waals surface area contributed by atoms with Crippen LogP contribution in [0.4, 0.5) is 0 Å². The number of hydrogen-bond donors (Lipinski definition) is 4. The number of carbonyl (C=O) groups is 2. The molecule has 2 unspecified atom stereocenters. The lowest BCUT2D eigenvalue weighted by molar-refractivity contribution is -0.297. The van der Waals surface area contributed by atoms with Crippen molar-refractivity contribution in [2.45, 2.75) is 205 Å². The molecular formula is C49H82O12S. The Morgan fingerprint density at radius 2 is 1.02 bits per heavy atom. The summed E-state index contributed by atoms with van der Waals surface area (Å²) < 4.78 is 54.1. The van der Waals surface area contributed by atoms with Gasteiger partial charge in [0.1, 0.15) is 36.8 Å². The van der Waals surface area contributed by atoms with E-state index < -0.39 is 71.2 Å². The van der Waals surface area contributed by atoms with Gasteiger partial charge < -0.3 is 34.3 Å². The van der Waals surface area contributed by atoms with E-state index in [1.165, 1.54) is 44.9 Å². The number of unbranched alkanes of at least 4 members (excludes halogenated alkanes) is 14. The van der Waals surface area contributed by atoms with E-state index in [1.807, 2.05) is 0 Å². The highest BCUT2D eigenvalue weighted by Gasteiger charge is 2.46. The van der Waals surface area contributed by atoms with Gasteiger partial charge in [0.15, 0.2) is 12.4 Å². The highest BCUT2D eigenvalue weighted by atomic mass is 32.2. The Labute approximate surface area is 374 Å². The number of rotatable bonds is 38. The Hall–Kier alpha value is -2.91. The maximum atomic E-state index is 12.8. The smallest absolute Gasteiger partial charge is 0.306 e. The molecule has 1 heterocycles. The first-order chi connectivity index (χ1) is 30.0. The molecule has 0 aromatic carbocycles. The molecule has 6 atom stereocenters. The van der Waals surface area contributed by atoms with Crippen molar-refractivity contribution < 1.29 is 56.8 Å². The highest BCUT2D eigenvalue weighted by molar-refractivity contribution is 7.85. The first-order valence-corrected chi connectivity index (χ1v) is 25.1. The maximum Gasteiger partial charge on any atom is 0.306 e. The average Bonchev–Trinajstić information content (AvgIpc) is 3.24. The second-order valence-corrected chi connectivity index (χ2v) is 17.5. The quantitative estimate of drug-likeness (QED) is 0.0199. The van der Waals surface area contributed by atoms with E-state index in [0.717, 1.165) is 83.5 Å². The Bertz CT molecular complexity index is 1420. The van der Waals surface area contributed by atoms with Crippen LogP contribution in [0.25, 0.3) is 0 Å². The lowest BCUT2D eigenvalue weighted by Gasteiger charge is -2.40. The van der Waals surface area contributed by atoms with Gasteiger partial charge >= 0.3 is 11.9 Å². The number of ether oxygens (including phenoxy) is 4. The topological polar surface area (TPSA) is 186 Å². The molecule has 4 N–H and O–H groups in total. The summed E-state index contributed by atoms with van der Waals surface area (Å²) in [6.45, 7) is 3.60. The second-order valence-electron chi connectivity index (χ2n) is 16.0. The number of esters is 2. The fourth-order valence-electron chi connectivity index (χ4n) is 6.64. The van der Waals surface area contributed by atoms with Gasteiger partial charge in [0.25, 0.3) is 10.1 Å². The number of aliphatic hydroxyl groups excluding tert-OH is 3. The molecule has 0 amide bonds. The predicted octanol–water partition coefficient (Wildman–Crippen LogP) is 9.89. The molecule has 0 aliphatic carbocycles. The minimum absolute atomic E-state index is 0.121. The highest BCUT2D eigenvalue weighted by Crippen LogP contribution is 2.24. The van der Waals surface area contributed by atoms with Crippen LogP contribution in [0.3, 0.4) is 0 Å². The third-order valence-electron chi connectivity index (χ3n) is 10.3. The number of hydrogen-bond acceptors (Lipinski definition) is 11. The van der Waals surface area contributed by atoms with Crippen LogP contribution in [-0.2, 0) is 38.7 Å². The summed E-state index contributed by atoms with van der Waals surface area (Å²) in [5, 5.41) is 30.9. The van der Waals surface area contributed by atoms with Crippen molar-refractivity contribution in [3.63, 3.8) is 0 Å². The summed E-state index contributed by atoms with van der Waals surface area (Å²) in [5.41, 5.74) is 0. The number of aliphatic hydroxyl groups is 3. The van der Waals surface area contributed by atoms with E-state index in [1.54, 1.807) is 0 Å². The van der Waals surface area contributed by atoms with Gasteiger partial charge in [-0.1, -0.05) is 145 Å². The Balaban J connectivity index is 2.47. The lowest BCUT2D eigenvalue weighted by atomic mass is 10.00. The van der Waals surface area contributed by atoms with Gasteiger partial charge in [-0.05, 0) is 83.5 Å². The van der Waals surface area contributed by atoms with Gasteiger partial charge in [0, 0.05) is 12.8 Å². The van der Waals surface area contributed by atoms with Gasteiger partial charge in [-0.3, -0.25) is 14.1 Å². The van der Waals surface area contributed by atoms with E-state index >= 15 is 0 Å². The van der Waals surface area contributed by atoms with Crippen LogP contribution in [-0.4, -0.2) is 96.0 Å². The molecule has 356 valence electrons. The summed E-state index contributed by atoms with van der Waals surface area (Å²) in [4.78, 5) is 25.4.